The Hall–Kier alpha value is -0.580. The molecule has 5 heteroatoms. The topological polar surface area (TPSA) is 39.1 Å². The first kappa shape index (κ1) is 13.8. The second-order valence-electron chi connectivity index (χ2n) is 4.91. The van der Waals surface area contributed by atoms with E-state index in [0.717, 1.165) is 42.4 Å². The normalized spacial score (nSPS) is 21.4. The monoisotopic (exact) mass is 271 g/mol. The van der Waals surface area contributed by atoms with Crippen molar-refractivity contribution in [1.82, 2.24) is 15.1 Å². The quantitative estimate of drug-likeness (QED) is 0.893. The van der Waals surface area contributed by atoms with Crippen LogP contribution in [0.25, 0.3) is 0 Å². The Bertz CT molecular complexity index is 399. The van der Waals surface area contributed by atoms with Gasteiger partial charge in [-0.15, -0.1) is 0 Å². The summed E-state index contributed by atoms with van der Waals surface area (Å²) in [5, 5.41) is 8.71. The summed E-state index contributed by atoms with van der Waals surface area (Å²) in [5.41, 5.74) is 2.03. The molecule has 1 aliphatic rings. The average Bonchev–Trinajstić information content (AvgIpc) is 2.96. The Balaban J connectivity index is 1.95. The van der Waals surface area contributed by atoms with Crippen LogP contribution in [0.4, 0.5) is 0 Å². The van der Waals surface area contributed by atoms with E-state index >= 15 is 0 Å². The van der Waals surface area contributed by atoms with Crippen LogP contribution in [0.1, 0.15) is 38.1 Å². The molecule has 0 bridgehead atoms. The van der Waals surface area contributed by atoms with Crippen LogP contribution in [-0.2, 0) is 24.8 Å². The number of nitrogens with one attached hydrogen (secondary N) is 1. The fourth-order valence-electron chi connectivity index (χ4n) is 2.40. The van der Waals surface area contributed by atoms with Gasteiger partial charge in [0.05, 0.1) is 22.5 Å². The predicted molar refractivity (Wildman–Crippen MR) is 72.9 cm³/mol. The highest BCUT2D eigenvalue weighted by Gasteiger charge is 2.22. The van der Waals surface area contributed by atoms with E-state index in [1.807, 2.05) is 11.7 Å². The molecule has 0 aromatic carbocycles. The fraction of sp³-hybridized carbons (Fsp3) is 0.769. The lowest BCUT2D eigenvalue weighted by Gasteiger charge is -2.20. The van der Waals surface area contributed by atoms with Crippen molar-refractivity contribution in [1.29, 1.82) is 0 Å². The molecule has 0 amide bonds. The van der Waals surface area contributed by atoms with E-state index in [1.54, 1.807) is 0 Å². The number of halogens is 1. The molecule has 2 unspecified atom stereocenters. The molecule has 1 fully saturated rings. The third-order valence-electron chi connectivity index (χ3n) is 3.62. The summed E-state index contributed by atoms with van der Waals surface area (Å²) in [6, 6.07) is 0.351. The molecule has 1 N–H and O–H groups in total. The molecule has 0 aliphatic carbocycles. The lowest BCUT2D eigenvalue weighted by Crippen LogP contribution is -2.36. The third-order valence-corrected chi connectivity index (χ3v) is 4.05. The van der Waals surface area contributed by atoms with Gasteiger partial charge in [0.15, 0.2) is 0 Å². The summed E-state index contributed by atoms with van der Waals surface area (Å²) in [7, 11) is 1.94. The van der Waals surface area contributed by atoms with E-state index in [4.69, 9.17) is 16.3 Å². The molecular weight excluding hydrogens is 250 g/mol. The highest BCUT2D eigenvalue weighted by Crippen LogP contribution is 2.21. The van der Waals surface area contributed by atoms with Crippen molar-refractivity contribution in [2.45, 2.75) is 51.8 Å². The van der Waals surface area contributed by atoms with Crippen molar-refractivity contribution in [3.05, 3.63) is 16.4 Å². The van der Waals surface area contributed by atoms with Crippen molar-refractivity contribution in [2.75, 3.05) is 6.61 Å². The minimum absolute atomic E-state index is 0.336. The van der Waals surface area contributed by atoms with E-state index in [0.29, 0.717) is 12.1 Å². The van der Waals surface area contributed by atoms with E-state index in [-0.39, 0.29) is 0 Å². The van der Waals surface area contributed by atoms with Crippen LogP contribution in [0, 0.1) is 0 Å². The second kappa shape index (κ2) is 6.04. The van der Waals surface area contributed by atoms with Gasteiger partial charge < -0.3 is 10.1 Å². The van der Waals surface area contributed by atoms with Crippen LogP contribution >= 0.6 is 11.6 Å². The highest BCUT2D eigenvalue weighted by molar-refractivity contribution is 6.31. The molecule has 2 atom stereocenters. The van der Waals surface area contributed by atoms with Crippen molar-refractivity contribution < 1.29 is 4.74 Å². The van der Waals surface area contributed by atoms with Gasteiger partial charge in [0.1, 0.15) is 0 Å². The maximum atomic E-state index is 6.32. The van der Waals surface area contributed by atoms with Crippen molar-refractivity contribution in [2.24, 2.45) is 7.05 Å². The summed E-state index contributed by atoms with van der Waals surface area (Å²) < 4.78 is 7.54. The number of hydrogen-bond acceptors (Lipinski definition) is 3. The van der Waals surface area contributed by atoms with Crippen LogP contribution < -0.4 is 5.32 Å². The van der Waals surface area contributed by atoms with Crippen LogP contribution in [0.2, 0.25) is 5.02 Å². The standard InChI is InChI=1S/C13H22ClN3O/c1-4-10-13(14)11(17(3)16-10)8-15-9(2)12-6-5-7-18-12/h9,12,15H,4-8H2,1-3H3. The van der Waals surface area contributed by atoms with Gasteiger partial charge in [-0.25, -0.2) is 0 Å². The van der Waals surface area contributed by atoms with Crippen molar-refractivity contribution >= 4 is 11.6 Å². The Kier molecular flexibility index (Phi) is 4.65. The third kappa shape index (κ3) is 2.87. The number of rotatable bonds is 5. The second-order valence-corrected chi connectivity index (χ2v) is 5.28. The largest absolute Gasteiger partial charge is 0.377 e. The minimum Gasteiger partial charge on any atom is -0.377 e. The van der Waals surface area contributed by atoms with E-state index in [9.17, 15) is 0 Å². The van der Waals surface area contributed by atoms with E-state index in [1.165, 1.54) is 6.42 Å². The molecule has 0 saturated carbocycles. The molecule has 1 aromatic heterocycles. The van der Waals surface area contributed by atoms with Gasteiger partial charge in [0.2, 0.25) is 0 Å². The molecule has 1 aliphatic heterocycles. The maximum Gasteiger partial charge on any atom is 0.0863 e. The number of aromatic nitrogens is 2. The van der Waals surface area contributed by atoms with Gasteiger partial charge in [0, 0.05) is 26.2 Å². The Labute approximate surface area is 114 Å². The predicted octanol–water partition coefficient (Wildman–Crippen LogP) is 2.29. The van der Waals surface area contributed by atoms with Gasteiger partial charge in [-0.3, -0.25) is 4.68 Å². The molecule has 2 rings (SSSR count). The van der Waals surface area contributed by atoms with Crippen LogP contribution in [0.3, 0.4) is 0 Å². The van der Waals surface area contributed by atoms with Gasteiger partial charge in [-0.2, -0.15) is 5.10 Å². The van der Waals surface area contributed by atoms with Crippen LogP contribution in [-0.4, -0.2) is 28.5 Å². The zero-order valence-corrected chi connectivity index (χ0v) is 12.1. The molecule has 4 nitrogen and oxygen atoms in total. The van der Waals surface area contributed by atoms with Gasteiger partial charge >= 0.3 is 0 Å². The molecule has 0 spiro atoms. The zero-order chi connectivity index (χ0) is 13.1. The summed E-state index contributed by atoms with van der Waals surface area (Å²) in [5.74, 6) is 0. The first-order valence-corrected chi connectivity index (χ1v) is 7.06. The Morgan fingerprint density at radius 1 is 1.61 bits per heavy atom. The summed E-state index contributed by atoms with van der Waals surface area (Å²) >= 11 is 6.32. The average molecular weight is 272 g/mol. The summed E-state index contributed by atoms with van der Waals surface area (Å²) in [6.45, 7) is 5.87. The fourth-order valence-corrected chi connectivity index (χ4v) is 2.76. The van der Waals surface area contributed by atoms with Gasteiger partial charge in [-0.05, 0) is 26.2 Å². The van der Waals surface area contributed by atoms with Gasteiger partial charge in [0.25, 0.3) is 0 Å². The molecule has 0 radical (unpaired) electrons. The summed E-state index contributed by atoms with van der Waals surface area (Å²) in [4.78, 5) is 0. The highest BCUT2D eigenvalue weighted by atomic mass is 35.5. The maximum absolute atomic E-state index is 6.32. The number of ether oxygens (including phenoxy) is 1. The van der Waals surface area contributed by atoms with Crippen LogP contribution in [0.5, 0.6) is 0 Å². The van der Waals surface area contributed by atoms with Gasteiger partial charge in [-0.1, -0.05) is 18.5 Å². The smallest absolute Gasteiger partial charge is 0.0863 e. The molecule has 1 aromatic rings. The Morgan fingerprint density at radius 3 is 2.94 bits per heavy atom. The first-order valence-electron chi connectivity index (χ1n) is 6.68. The molecule has 2 heterocycles. The first-order chi connectivity index (χ1) is 8.63. The van der Waals surface area contributed by atoms with E-state index < -0.39 is 0 Å². The number of nitrogens with zero attached hydrogens (tertiary/aromatic N) is 2. The molecular formula is C13H22ClN3O. The van der Waals surface area contributed by atoms with Crippen molar-refractivity contribution in [3.63, 3.8) is 0 Å². The summed E-state index contributed by atoms with van der Waals surface area (Å²) in [6.07, 6.45) is 3.52. The molecule has 1 saturated heterocycles. The SMILES string of the molecule is CCc1nn(C)c(CNC(C)C2CCCO2)c1Cl. The number of hydrogen-bond donors (Lipinski definition) is 1. The van der Waals surface area contributed by atoms with E-state index in [2.05, 4.69) is 24.3 Å². The lowest BCUT2D eigenvalue weighted by molar-refractivity contribution is 0.0830. The number of aryl methyl sites for hydroxylation is 2. The zero-order valence-electron chi connectivity index (χ0n) is 11.4. The minimum atomic E-state index is 0.336. The molecule has 102 valence electrons. The van der Waals surface area contributed by atoms with Crippen LogP contribution in [0.15, 0.2) is 0 Å². The lowest BCUT2D eigenvalue weighted by atomic mass is 10.1. The molecule has 18 heavy (non-hydrogen) atoms. The van der Waals surface area contributed by atoms with Crippen molar-refractivity contribution in [3.8, 4) is 0 Å². The Morgan fingerprint density at radius 2 is 2.39 bits per heavy atom.